The number of likely N-dealkylation sites (tertiary alicyclic amines) is 1. The molecule has 0 saturated carbocycles. The molecule has 2 amide bonds. The molecule has 1 heterocycles. The van der Waals surface area contributed by atoms with Gasteiger partial charge in [-0.1, -0.05) is 13.8 Å². The minimum absolute atomic E-state index is 0.0697. The quantitative estimate of drug-likeness (QED) is 0.699. The van der Waals surface area contributed by atoms with Crippen molar-refractivity contribution in [3.05, 3.63) is 0 Å². The molecule has 1 fully saturated rings. The van der Waals surface area contributed by atoms with Crippen LogP contribution >= 0.6 is 0 Å². The second-order valence-electron chi connectivity index (χ2n) is 6.24. The van der Waals surface area contributed by atoms with Crippen LogP contribution in [0, 0.1) is 0 Å². The summed E-state index contributed by atoms with van der Waals surface area (Å²) in [5.74, 6) is -0.415. The van der Waals surface area contributed by atoms with E-state index in [0.717, 1.165) is 12.8 Å². The Morgan fingerprint density at radius 3 is 2.24 bits per heavy atom. The van der Waals surface area contributed by atoms with Gasteiger partial charge in [0.05, 0.1) is 17.2 Å². The Bertz CT molecular complexity index is 509. The van der Waals surface area contributed by atoms with Crippen molar-refractivity contribution in [3.63, 3.8) is 0 Å². The Morgan fingerprint density at radius 2 is 1.81 bits per heavy atom. The Balaban J connectivity index is 2.76. The number of nitrogens with one attached hydrogen (secondary N) is 1. The van der Waals surface area contributed by atoms with E-state index in [-0.39, 0.29) is 30.8 Å². The molecule has 1 atom stereocenters. The molecule has 0 aromatic rings. The molecule has 6 nitrogen and oxygen atoms in total. The van der Waals surface area contributed by atoms with Gasteiger partial charge in [0, 0.05) is 18.8 Å². The number of carbonyl (C=O) groups is 2. The average molecular weight is 318 g/mol. The zero-order valence-electron chi connectivity index (χ0n) is 13.5. The summed E-state index contributed by atoms with van der Waals surface area (Å²) in [6.07, 6.45) is 2.74. The number of imide groups is 1. The smallest absolute Gasteiger partial charge is 0.247 e. The highest BCUT2D eigenvalue weighted by atomic mass is 32.2. The number of sulfone groups is 1. The van der Waals surface area contributed by atoms with Crippen LogP contribution in [0.3, 0.4) is 0 Å². The molecule has 1 rings (SSSR count). The Morgan fingerprint density at radius 1 is 1.29 bits per heavy atom. The van der Waals surface area contributed by atoms with Gasteiger partial charge in [-0.25, -0.2) is 8.42 Å². The standard InChI is InChI=1S/C14H26N2O4S/c1-6-10(7-2)16-12(17)8-11(13(16)18)15-9-14(3,4)21(5,19)20/h10-11,15H,6-9H2,1-5H3. The third-order valence-electron chi connectivity index (χ3n) is 4.27. The summed E-state index contributed by atoms with van der Waals surface area (Å²) >= 11 is 0. The summed E-state index contributed by atoms with van der Waals surface area (Å²) in [4.78, 5) is 25.7. The lowest BCUT2D eigenvalue weighted by atomic mass is 10.1. The Kier molecular flexibility index (Phi) is 5.55. The first-order valence-electron chi connectivity index (χ1n) is 7.34. The molecule has 1 unspecified atom stereocenters. The maximum atomic E-state index is 12.3. The van der Waals surface area contributed by atoms with Crippen molar-refractivity contribution < 1.29 is 18.0 Å². The molecule has 1 N–H and O–H groups in total. The summed E-state index contributed by atoms with van der Waals surface area (Å²) in [6.45, 7) is 7.25. The normalized spacial score (nSPS) is 20.7. The van der Waals surface area contributed by atoms with E-state index in [1.807, 2.05) is 13.8 Å². The van der Waals surface area contributed by atoms with Crippen LogP contribution in [0.4, 0.5) is 0 Å². The van der Waals surface area contributed by atoms with Crippen LogP contribution in [0.1, 0.15) is 47.0 Å². The molecular weight excluding hydrogens is 292 g/mol. The summed E-state index contributed by atoms with van der Waals surface area (Å²) in [5.41, 5.74) is 0. The fourth-order valence-corrected chi connectivity index (χ4v) is 2.69. The van der Waals surface area contributed by atoms with Crippen LogP contribution in [-0.4, -0.2) is 54.8 Å². The van der Waals surface area contributed by atoms with Crippen molar-refractivity contribution in [3.8, 4) is 0 Å². The van der Waals surface area contributed by atoms with Crippen molar-refractivity contribution in [1.82, 2.24) is 10.2 Å². The number of hydrogen-bond donors (Lipinski definition) is 1. The predicted molar refractivity (Wildman–Crippen MR) is 81.6 cm³/mol. The van der Waals surface area contributed by atoms with Gasteiger partial charge in [-0.3, -0.25) is 14.5 Å². The molecule has 1 aliphatic rings. The third kappa shape index (κ3) is 3.83. The molecule has 1 aliphatic heterocycles. The zero-order chi connectivity index (χ0) is 16.4. The van der Waals surface area contributed by atoms with Gasteiger partial charge in [-0.05, 0) is 26.7 Å². The van der Waals surface area contributed by atoms with E-state index in [4.69, 9.17) is 0 Å². The average Bonchev–Trinajstić information content (AvgIpc) is 2.64. The summed E-state index contributed by atoms with van der Waals surface area (Å²) in [5, 5.41) is 2.95. The highest BCUT2D eigenvalue weighted by Crippen LogP contribution is 2.21. The van der Waals surface area contributed by atoms with Gasteiger partial charge < -0.3 is 5.32 Å². The van der Waals surface area contributed by atoms with Crippen molar-refractivity contribution in [2.45, 2.75) is 63.8 Å². The maximum Gasteiger partial charge on any atom is 0.247 e. The monoisotopic (exact) mass is 318 g/mol. The topological polar surface area (TPSA) is 83.6 Å². The fourth-order valence-electron chi connectivity index (χ4n) is 2.35. The molecule has 122 valence electrons. The summed E-state index contributed by atoms with van der Waals surface area (Å²) in [7, 11) is -3.24. The number of rotatable bonds is 7. The minimum Gasteiger partial charge on any atom is -0.304 e. The number of amides is 2. The Hall–Kier alpha value is -0.950. The van der Waals surface area contributed by atoms with Crippen LogP contribution < -0.4 is 5.32 Å². The molecule has 0 aromatic carbocycles. The molecule has 0 radical (unpaired) electrons. The maximum absolute atomic E-state index is 12.3. The molecule has 7 heteroatoms. The second kappa shape index (κ2) is 6.44. The number of nitrogens with zero attached hydrogens (tertiary/aromatic N) is 1. The van der Waals surface area contributed by atoms with Gasteiger partial charge >= 0.3 is 0 Å². The molecule has 0 spiro atoms. The molecule has 21 heavy (non-hydrogen) atoms. The SMILES string of the molecule is CCC(CC)N1C(=O)CC(NCC(C)(C)S(C)(=O)=O)C1=O. The second-order valence-corrected chi connectivity index (χ2v) is 8.89. The molecule has 0 aromatic heterocycles. The fraction of sp³-hybridized carbons (Fsp3) is 0.857. The third-order valence-corrected chi connectivity index (χ3v) is 6.42. The summed E-state index contributed by atoms with van der Waals surface area (Å²) < 4.78 is 22.4. The van der Waals surface area contributed by atoms with E-state index in [1.54, 1.807) is 13.8 Å². The van der Waals surface area contributed by atoms with Crippen molar-refractivity contribution in [1.29, 1.82) is 0 Å². The lowest BCUT2D eigenvalue weighted by Crippen LogP contribution is -2.49. The van der Waals surface area contributed by atoms with Gasteiger partial charge in [0.15, 0.2) is 9.84 Å². The van der Waals surface area contributed by atoms with Gasteiger partial charge in [-0.15, -0.1) is 0 Å². The van der Waals surface area contributed by atoms with E-state index < -0.39 is 20.6 Å². The first kappa shape index (κ1) is 18.1. The highest BCUT2D eigenvalue weighted by Gasteiger charge is 2.42. The first-order chi connectivity index (χ1) is 9.55. The van der Waals surface area contributed by atoms with Crippen LogP contribution in [0.15, 0.2) is 0 Å². The molecule has 0 aliphatic carbocycles. The van der Waals surface area contributed by atoms with Crippen LogP contribution in [0.2, 0.25) is 0 Å². The van der Waals surface area contributed by atoms with Crippen LogP contribution in [0.25, 0.3) is 0 Å². The lowest BCUT2D eigenvalue weighted by molar-refractivity contribution is -0.141. The lowest BCUT2D eigenvalue weighted by Gasteiger charge is -2.26. The van der Waals surface area contributed by atoms with Crippen LogP contribution in [0.5, 0.6) is 0 Å². The van der Waals surface area contributed by atoms with E-state index in [1.165, 1.54) is 11.2 Å². The molecule has 0 bridgehead atoms. The van der Waals surface area contributed by atoms with E-state index in [0.29, 0.717) is 0 Å². The number of carbonyl (C=O) groups excluding carboxylic acids is 2. The van der Waals surface area contributed by atoms with Gasteiger partial charge in [0.1, 0.15) is 0 Å². The van der Waals surface area contributed by atoms with E-state index in [9.17, 15) is 18.0 Å². The van der Waals surface area contributed by atoms with E-state index in [2.05, 4.69) is 5.32 Å². The van der Waals surface area contributed by atoms with E-state index >= 15 is 0 Å². The first-order valence-corrected chi connectivity index (χ1v) is 9.23. The minimum atomic E-state index is -3.24. The predicted octanol–water partition coefficient (Wildman–Crippen LogP) is 0.715. The zero-order valence-corrected chi connectivity index (χ0v) is 14.3. The Labute approximate surface area is 127 Å². The van der Waals surface area contributed by atoms with Crippen LogP contribution in [-0.2, 0) is 19.4 Å². The summed E-state index contributed by atoms with van der Waals surface area (Å²) in [6, 6.07) is -0.682. The van der Waals surface area contributed by atoms with Gasteiger partial charge in [0.2, 0.25) is 11.8 Å². The molecule has 1 saturated heterocycles. The van der Waals surface area contributed by atoms with Gasteiger partial charge in [0.25, 0.3) is 0 Å². The largest absolute Gasteiger partial charge is 0.304 e. The van der Waals surface area contributed by atoms with Crippen molar-refractivity contribution >= 4 is 21.7 Å². The highest BCUT2D eigenvalue weighted by molar-refractivity contribution is 7.92. The molecular formula is C14H26N2O4S. The van der Waals surface area contributed by atoms with Gasteiger partial charge in [-0.2, -0.15) is 0 Å². The van der Waals surface area contributed by atoms with Crippen molar-refractivity contribution in [2.75, 3.05) is 12.8 Å². The number of hydrogen-bond acceptors (Lipinski definition) is 5. The van der Waals surface area contributed by atoms with Crippen molar-refractivity contribution in [2.24, 2.45) is 0 Å².